The minimum absolute atomic E-state index is 0.156. The first-order valence-electron chi connectivity index (χ1n) is 17.6. The fourth-order valence-electron chi connectivity index (χ4n) is 8.91. The molecule has 7 aromatic carbocycles. The monoisotopic (exact) mass is 638 g/mol. The average molecular weight is 639 g/mol. The van der Waals surface area contributed by atoms with Gasteiger partial charge in [-0.15, -0.1) is 0 Å². The Labute approximate surface area is 294 Å². The van der Waals surface area contributed by atoms with Crippen LogP contribution in [-0.2, 0) is 5.41 Å². The predicted molar refractivity (Wildman–Crippen MR) is 212 cm³/mol. The molecule has 0 amide bonds. The second kappa shape index (κ2) is 11.0. The van der Waals surface area contributed by atoms with E-state index in [1.54, 1.807) is 0 Å². The zero-order valence-electron chi connectivity index (χ0n) is 28.2. The van der Waals surface area contributed by atoms with Gasteiger partial charge in [0.15, 0.2) is 0 Å². The van der Waals surface area contributed by atoms with E-state index in [1.807, 2.05) is 0 Å². The lowest BCUT2D eigenvalue weighted by Gasteiger charge is -2.38. The summed E-state index contributed by atoms with van der Waals surface area (Å²) in [6.45, 7) is 5.02. The molecule has 0 spiro atoms. The Kier molecular flexibility index (Phi) is 6.35. The van der Waals surface area contributed by atoms with Gasteiger partial charge in [-0.05, 0) is 87.9 Å². The molecule has 236 valence electrons. The molecule has 0 fully saturated rings. The molecule has 2 nitrogen and oxygen atoms in total. The number of fused-ring (bicyclic) bond motifs is 6. The van der Waals surface area contributed by atoms with E-state index in [4.69, 9.17) is 0 Å². The van der Waals surface area contributed by atoms with Crippen LogP contribution in [0.4, 0.5) is 28.4 Å². The van der Waals surface area contributed by atoms with Crippen molar-refractivity contribution < 1.29 is 0 Å². The van der Waals surface area contributed by atoms with Gasteiger partial charge in [-0.1, -0.05) is 146 Å². The minimum atomic E-state index is -0.156. The van der Waals surface area contributed by atoms with Crippen LogP contribution in [-0.4, -0.2) is 6.71 Å². The smallest absolute Gasteiger partial charge is 0.244 e. The number of rotatable bonds is 5. The second-order valence-electron chi connectivity index (χ2n) is 14.1. The van der Waals surface area contributed by atoms with Crippen molar-refractivity contribution in [1.82, 2.24) is 0 Å². The van der Waals surface area contributed by atoms with Crippen molar-refractivity contribution in [3.8, 4) is 22.3 Å². The third-order valence-corrected chi connectivity index (χ3v) is 11.0. The van der Waals surface area contributed by atoms with Crippen LogP contribution in [0.3, 0.4) is 0 Å². The van der Waals surface area contributed by atoms with Crippen molar-refractivity contribution in [1.29, 1.82) is 0 Å². The number of hydrogen-bond acceptors (Lipinski definition) is 2. The first-order chi connectivity index (χ1) is 24.6. The fraction of sp³-hybridized carbons (Fsp3) is 0.0638. The SMILES string of the molecule is CC1(C)C2=C(c3ccccc31)N(c1cccc(-c3ccccc3)c1)c1cccc3c1B2c1ccc(N(c2ccccc2)c2ccccc2)cc1-3. The van der Waals surface area contributed by atoms with Crippen LogP contribution in [0.15, 0.2) is 181 Å². The molecule has 0 N–H and O–H groups in total. The molecule has 3 aliphatic rings. The molecule has 7 aromatic rings. The molecule has 3 heteroatoms. The van der Waals surface area contributed by atoms with Gasteiger partial charge in [0.2, 0.25) is 6.71 Å². The van der Waals surface area contributed by atoms with Crippen LogP contribution in [0.1, 0.15) is 25.0 Å². The zero-order chi connectivity index (χ0) is 33.4. The summed E-state index contributed by atoms with van der Waals surface area (Å²) < 4.78 is 0. The van der Waals surface area contributed by atoms with E-state index < -0.39 is 0 Å². The highest BCUT2D eigenvalue weighted by Gasteiger charge is 2.52. The van der Waals surface area contributed by atoms with Gasteiger partial charge < -0.3 is 9.80 Å². The quantitative estimate of drug-likeness (QED) is 0.173. The Morgan fingerprint density at radius 3 is 1.86 bits per heavy atom. The van der Waals surface area contributed by atoms with E-state index >= 15 is 0 Å². The number of benzene rings is 7. The maximum absolute atomic E-state index is 2.57. The van der Waals surface area contributed by atoms with E-state index in [9.17, 15) is 0 Å². The molecule has 1 aliphatic carbocycles. The summed E-state index contributed by atoms with van der Waals surface area (Å²) >= 11 is 0. The van der Waals surface area contributed by atoms with E-state index in [2.05, 4.69) is 200 Å². The molecule has 0 atom stereocenters. The summed E-state index contributed by atoms with van der Waals surface area (Å²) in [7, 11) is 0. The molecular weight excluding hydrogens is 603 g/mol. The predicted octanol–water partition coefficient (Wildman–Crippen LogP) is 10.8. The maximum atomic E-state index is 2.57. The van der Waals surface area contributed by atoms with E-state index in [1.165, 1.54) is 66.9 Å². The molecule has 0 aromatic heterocycles. The normalized spacial score (nSPS) is 14.6. The van der Waals surface area contributed by atoms with Crippen molar-refractivity contribution in [3.63, 3.8) is 0 Å². The molecule has 0 saturated carbocycles. The topological polar surface area (TPSA) is 6.48 Å². The molecule has 10 rings (SSSR count). The Balaban J connectivity index is 1.22. The summed E-state index contributed by atoms with van der Waals surface area (Å²) in [4.78, 5) is 4.94. The Morgan fingerprint density at radius 1 is 0.500 bits per heavy atom. The standard InChI is InChI=1S/C47H35BN2/c1-47(2)41-26-13-12-24-39(41)45-46(47)48-42-29-28-37(49(34-19-8-4-9-20-34)35-21-10-5-11-22-35)31-40(42)38-25-15-27-43(44(38)48)50(45)36-23-14-18-33(30-36)32-16-6-3-7-17-32/h3-31H,1-2H3. The number of hydrogen-bond donors (Lipinski definition) is 0. The van der Waals surface area contributed by atoms with Crippen molar-refractivity contribution in [2.75, 3.05) is 9.80 Å². The molecule has 2 heterocycles. The maximum Gasteiger partial charge on any atom is 0.244 e. The molecule has 0 radical (unpaired) electrons. The summed E-state index contributed by atoms with van der Waals surface area (Å²) in [5, 5.41) is 0. The average Bonchev–Trinajstić information content (AvgIpc) is 3.62. The van der Waals surface area contributed by atoms with Gasteiger partial charge in [0.25, 0.3) is 0 Å². The van der Waals surface area contributed by atoms with Crippen LogP contribution >= 0.6 is 0 Å². The summed E-state index contributed by atoms with van der Waals surface area (Å²) in [6, 6.07) is 64.4. The molecular formula is C47H35BN2. The lowest BCUT2D eigenvalue weighted by molar-refractivity contribution is 0.666. The van der Waals surface area contributed by atoms with Gasteiger partial charge in [0, 0.05) is 45.1 Å². The molecule has 0 unspecified atom stereocenters. The highest BCUT2D eigenvalue weighted by molar-refractivity contribution is 6.97. The van der Waals surface area contributed by atoms with Gasteiger partial charge in [0.1, 0.15) is 0 Å². The largest absolute Gasteiger partial charge is 0.311 e. The van der Waals surface area contributed by atoms with Crippen molar-refractivity contribution in [3.05, 3.63) is 193 Å². The number of allylic oxidation sites excluding steroid dienone is 1. The Bertz CT molecular complexity index is 2430. The minimum Gasteiger partial charge on any atom is -0.311 e. The van der Waals surface area contributed by atoms with Crippen molar-refractivity contribution in [2.45, 2.75) is 19.3 Å². The molecule has 50 heavy (non-hydrogen) atoms. The van der Waals surface area contributed by atoms with Crippen molar-refractivity contribution in [2.24, 2.45) is 0 Å². The summed E-state index contributed by atoms with van der Waals surface area (Å²) in [6.07, 6.45) is 0. The summed E-state index contributed by atoms with van der Waals surface area (Å²) in [5.41, 5.74) is 19.2. The van der Waals surface area contributed by atoms with Crippen LogP contribution in [0.2, 0.25) is 0 Å². The highest BCUT2D eigenvalue weighted by atomic mass is 15.2. The Morgan fingerprint density at radius 2 is 1.12 bits per heavy atom. The fourth-order valence-corrected chi connectivity index (χ4v) is 8.91. The van der Waals surface area contributed by atoms with Crippen LogP contribution in [0.5, 0.6) is 0 Å². The number of nitrogens with zero attached hydrogens (tertiary/aromatic N) is 2. The first kappa shape index (κ1) is 28.9. The van der Waals surface area contributed by atoms with E-state index in [-0.39, 0.29) is 12.1 Å². The third-order valence-electron chi connectivity index (χ3n) is 11.0. The Hall–Kier alpha value is -6.06. The van der Waals surface area contributed by atoms with E-state index in [0.29, 0.717) is 0 Å². The first-order valence-corrected chi connectivity index (χ1v) is 17.6. The molecule has 0 bridgehead atoms. The number of anilines is 5. The van der Waals surface area contributed by atoms with Crippen LogP contribution < -0.4 is 20.7 Å². The third kappa shape index (κ3) is 4.16. The van der Waals surface area contributed by atoms with Crippen LogP contribution in [0.25, 0.3) is 28.0 Å². The van der Waals surface area contributed by atoms with Gasteiger partial charge in [-0.25, -0.2) is 0 Å². The summed E-state index contributed by atoms with van der Waals surface area (Å²) in [5.74, 6) is 0. The van der Waals surface area contributed by atoms with Crippen LogP contribution in [0, 0.1) is 0 Å². The second-order valence-corrected chi connectivity index (χ2v) is 14.1. The van der Waals surface area contributed by atoms with Gasteiger partial charge in [-0.3, -0.25) is 0 Å². The molecule has 2 aliphatic heterocycles. The van der Waals surface area contributed by atoms with E-state index in [0.717, 1.165) is 17.1 Å². The van der Waals surface area contributed by atoms with Gasteiger partial charge in [-0.2, -0.15) is 0 Å². The number of para-hydroxylation sites is 2. The zero-order valence-corrected chi connectivity index (χ0v) is 28.2. The van der Waals surface area contributed by atoms with Gasteiger partial charge in [0.05, 0.1) is 0 Å². The highest BCUT2D eigenvalue weighted by Crippen LogP contribution is 2.55. The van der Waals surface area contributed by atoms with Crippen molar-refractivity contribution >= 4 is 51.8 Å². The lowest BCUT2D eigenvalue weighted by Crippen LogP contribution is -2.50. The van der Waals surface area contributed by atoms with Gasteiger partial charge >= 0.3 is 0 Å². The molecule has 0 saturated heterocycles. The lowest BCUT2D eigenvalue weighted by atomic mass is 9.33.